The van der Waals surface area contributed by atoms with Gasteiger partial charge in [-0.2, -0.15) is 0 Å². The standard InChI is InChI=1S/C11H14Cl2N2/c1-2-15-6-9-8(11(15)5-14)3-7(12)4-10(9)13/h3-4,11H,2,5-6,14H2,1H3. The first kappa shape index (κ1) is 11.2. The Bertz CT molecular complexity index is 379. The lowest BCUT2D eigenvalue weighted by molar-refractivity contribution is 0.232. The Morgan fingerprint density at radius 1 is 1.47 bits per heavy atom. The van der Waals surface area contributed by atoms with E-state index in [1.807, 2.05) is 6.07 Å². The van der Waals surface area contributed by atoms with E-state index in [-0.39, 0.29) is 6.04 Å². The maximum absolute atomic E-state index is 6.17. The van der Waals surface area contributed by atoms with Crippen LogP contribution in [0.25, 0.3) is 0 Å². The molecule has 4 heteroatoms. The van der Waals surface area contributed by atoms with Gasteiger partial charge in [0.1, 0.15) is 0 Å². The monoisotopic (exact) mass is 244 g/mol. The van der Waals surface area contributed by atoms with Crippen LogP contribution >= 0.6 is 23.2 Å². The molecule has 2 nitrogen and oxygen atoms in total. The van der Waals surface area contributed by atoms with Gasteiger partial charge >= 0.3 is 0 Å². The van der Waals surface area contributed by atoms with Crippen LogP contribution in [0, 0.1) is 0 Å². The van der Waals surface area contributed by atoms with Crippen molar-refractivity contribution in [2.75, 3.05) is 13.1 Å². The summed E-state index contributed by atoms with van der Waals surface area (Å²) in [4.78, 5) is 2.31. The van der Waals surface area contributed by atoms with Gasteiger partial charge in [-0.25, -0.2) is 0 Å². The van der Waals surface area contributed by atoms with Crippen molar-refractivity contribution in [3.8, 4) is 0 Å². The molecule has 0 fully saturated rings. The highest BCUT2D eigenvalue weighted by Crippen LogP contribution is 2.38. The second kappa shape index (κ2) is 4.30. The number of nitrogens with two attached hydrogens (primary N) is 1. The second-order valence-electron chi connectivity index (χ2n) is 3.77. The lowest BCUT2D eigenvalue weighted by Gasteiger charge is -2.21. The van der Waals surface area contributed by atoms with Crippen molar-refractivity contribution in [2.45, 2.75) is 19.5 Å². The normalized spacial score (nSPS) is 20.7. The smallest absolute Gasteiger partial charge is 0.0478 e. The van der Waals surface area contributed by atoms with E-state index in [4.69, 9.17) is 28.9 Å². The number of hydrogen-bond acceptors (Lipinski definition) is 2. The minimum Gasteiger partial charge on any atom is -0.329 e. The van der Waals surface area contributed by atoms with E-state index in [0.29, 0.717) is 11.6 Å². The molecule has 0 bridgehead atoms. The Morgan fingerprint density at radius 2 is 2.20 bits per heavy atom. The van der Waals surface area contributed by atoms with Crippen molar-refractivity contribution in [1.29, 1.82) is 0 Å². The topological polar surface area (TPSA) is 29.3 Å². The highest BCUT2D eigenvalue weighted by atomic mass is 35.5. The van der Waals surface area contributed by atoms with Gasteiger partial charge in [0, 0.05) is 29.2 Å². The van der Waals surface area contributed by atoms with E-state index in [2.05, 4.69) is 11.8 Å². The zero-order valence-corrected chi connectivity index (χ0v) is 10.1. The van der Waals surface area contributed by atoms with Crippen molar-refractivity contribution >= 4 is 23.2 Å². The lowest BCUT2D eigenvalue weighted by atomic mass is 10.1. The van der Waals surface area contributed by atoms with Gasteiger partial charge in [0.25, 0.3) is 0 Å². The van der Waals surface area contributed by atoms with E-state index in [9.17, 15) is 0 Å². The van der Waals surface area contributed by atoms with E-state index in [0.717, 1.165) is 18.1 Å². The molecule has 0 amide bonds. The van der Waals surface area contributed by atoms with Gasteiger partial charge in [-0.1, -0.05) is 30.1 Å². The van der Waals surface area contributed by atoms with E-state index < -0.39 is 0 Å². The van der Waals surface area contributed by atoms with Gasteiger partial charge < -0.3 is 5.73 Å². The second-order valence-corrected chi connectivity index (χ2v) is 4.61. The van der Waals surface area contributed by atoms with Crippen LogP contribution in [0.4, 0.5) is 0 Å². The van der Waals surface area contributed by atoms with Crippen LogP contribution in [-0.4, -0.2) is 18.0 Å². The molecule has 0 aromatic heterocycles. The Morgan fingerprint density at radius 3 is 2.80 bits per heavy atom. The number of halogens is 2. The predicted octanol–water partition coefficient (Wildman–Crippen LogP) is 2.83. The third-order valence-electron chi connectivity index (χ3n) is 2.99. The fraction of sp³-hybridized carbons (Fsp3) is 0.455. The summed E-state index contributed by atoms with van der Waals surface area (Å²) in [6.45, 7) is 4.59. The maximum Gasteiger partial charge on any atom is 0.0478 e. The Kier molecular flexibility index (Phi) is 3.21. The molecule has 2 N–H and O–H groups in total. The fourth-order valence-electron chi connectivity index (χ4n) is 2.21. The summed E-state index contributed by atoms with van der Waals surface area (Å²) in [6.07, 6.45) is 0. The molecule has 0 saturated heterocycles. The zero-order valence-electron chi connectivity index (χ0n) is 8.63. The van der Waals surface area contributed by atoms with Crippen molar-refractivity contribution in [1.82, 2.24) is 4.90 Å². The SMILES string of the molecule is CCN1Cc2c(Cl)cc(Cl)cc2C1CN. The molecule has 1 aromatic rings. The summed E-state index contributed by atoms with van der Waals surface area (Å²) >= 11 is 12.2. The first-order valence-electron chi connectivity index (χ1n) is 5.09. The highest BCUT2D eigenvalue weighted by Gasteiger charge is 2.29. The molecule has 1 heterocycles. The van der Waals surface area contributed by atoms with Crippen LogP contribution in [0.2, 0.25) is 10.0 Å². The fourth-order valence-corrected chi connectivity index (χ4v) is 2.77. The lowest BCUT2D eigenvalue weighted by Crippen LogP contribution is -2.27. The molecule has 0 saturated carbocycles. The van der Waals surface area contributed by atoms with Crippen molar-refractivity contribution in [3.63, 3.8) is 0 Å². The summed E-state index contributed by atoms with van der Waals surface area (Å²) in [5, 5.41) is 1.45. The maximum atomic E-state index is 6.17. The molecule has 1 aliphatic rings. The van der Waals surface area contributed by atoms with Gasteiger partial charge in [-0.05, 0) is 29.8 Å². The Balaban J connectivity index is 2.47. The molecule has 1 aliphatic heterocycles. The Labute approximate surface area is 100.0 Å². The number of benzene rings is 1. The van der Waals surface area contributed by atoms with Crippen LogP contribution in [0.15, 0.2) is 12.1 Å². The molecule has 0 spiro atoms. The number of fused-ring (bicyclic) bond motifs is 1. The third kappa shape index (κ3) is 1.87. The van der Waals surface area contributed by atoms with Crippen molar-refractivity contribution in [2.24, 2.45) is 5.73 Å². The van der Waals surface area contributed by atoms with Crippen LogP contribution < -0.4 is 5.73 Å². The molecule has 1 aromatic carbocycles. The molecule has 15 heavy (non-hydrogen) atoms. The largest absolute Gasteiger partial charge is 0.329 e. The van der Waals surface area contributed by atoms with Gasteiger partial charge in [0.05, 0.1) is 0 Å². The summed E-state index contributed by atoms with van der Waals surface area (Å²) in [5.74, 6) is 0. The first-order valence-corrected chi connectivity index (χ1v) is 5.85. The summed E-state index contributed by atoms with van der Waals surface area (Å²) in [5.41, 5.74) is 8.16. The van der Waals surface area contributed by atoms with Gasteiger partial charge in [0.15, 0.2) is 0 Å². The van der Waals surface area contributed by atoms with Gasteiger partial charge in [-0.15, -0.1) is 0 Å². The minimum atomic E-state index is 0.265. The van der Waals surface area contributed by atoms with Crippen LogP contribution in [-0.2, 0) is 6.54 Å². The van der Waals surface area contributed by atoms with E-state index in [1.165, 1.54) is 11.1 Å². The molecular formula is C11H14Cl2N2. The Hall–Kier alpha value is -0.280. The van der Waals surface area contributed by atoms with E-state index in [1.54, 1.807) is 6.07 Å². The average molecular weight is 245 g/mol. The molecule has 82 valence electrons. The predicted molar refractivity (Wildman–Crippen MR) is 64.3 cm³/mol. The molecular weight excluding hydrogens is 231 g/mol. The van der Waals surface area contributed by atoms with Gasteiger partial charge in [-0.3, -0.25) is 4.90 Å². The molecule has 2 rings (SSSR count). The number of likely N-dealkylation sites (N-methyl/N-ethyl adjacent to an activating group) is 1. The molecule has 1 atom stereocenters. The molecule has 1 unspecified atom stereocenters. The van der Waals surface area contributed by atoms with Crippen molar-refractivity contribution < 1.29 is 0 Å². The average Bonchev–Trinajstić information content (AvgIpc) is 2.55. The van der Waals surface area contributed by atoms with Crippen LogP contribution in [0.5, 0.6) is 0 Å². The van der Waals surface area contributed by atoms with Crippen LogP contribution in [0.1, 0.15) is 24.1 Å². The molecule has 0 radical (unpaired) electrons. The number of nitrogens with zero attached hydrogens (tertiary/aromatic N) is 1. The summed E-state index contributed by atoms with van der Waals surface area (Å²) in [7, 11) is 0. The number of hydrogen-bond donors (Lipinski definition) is 1. The van der Waals surface area contributed by atoms with Gasteiger partial charge in [0.2, 0.25) is 0 Å². The summed E-state index contributed by atoms with van der Waals surface area (Å²) < 4.78 is 0. The number of rotatable bonds is 2. The van der Waals surface area contributed by atoms with E-state index >= 15 is 0 Å². The summed E-state index contributed by atoms with van der Waals surface area (Å²) in [6, 6.07) is 4.05. The quantitative estimate of drug-likeness (QED) is 0.868. The minimum absolute atomic E-state index is 0.265. The zero-order chi connectivity index (χ0) is 11.0. The van der Waals surface area contributed by atoms with Crippen molar-refractivity contribution in [3.05, 3.63) is 33.3 Å². The van der Waals surface area contributed by atoms with Crippen LogP contribution in [0.3, 0.4) is 0 Å². The first-order chi connectivity index (χ1) is 7.17. The third-order valence-corrected chi connectivity index (χ3v) is 3.54. The molecule has 0 aliphatic carbocycles. The highest BCUT2D eigenvalue weighted by molar-refractivity contribution is 6.35.